The average Bonchev–Trinajstić information content (AvgIpc) is 3.26. The van der Waals surface area contributed by atoms with Crippen LogP contribution < -0.4 is 20.1 Å². The van der Waals surface area contributed by atoms with Crippen LogP contribution in [0, 0.1) is 11.3 Å². The average molecular weight is 344 g/mol. The molecule has 0 radical (unpaired) electrons. The van der Waals surface area contributed by atoms with Crippen LogP contribution in [0.15, 0.2) is 18.2 Å². The number of nitrogens with one attached hydrogen (secondary N) is 2. The van der Waals surface area contributed by atoms with E-state index in [1.165, 1.54) is 12.8 Å². The van der Waals surface area contributed by atoms with Crippen LogP contribution in [0.4, 0.5) is 0 Å². The van der Waals surface area contributed by atoms with Gasteiger partial charge in [-0.15, -0.1) is 0 Å². The zero-order valence-corrected chi connectivity index (χ0v) is 15.2. The Labute approximate surface area is 149 Å². The second-order valence-electron chi connectivity index (χ2n) is 8.36. The highest BCUT2D eigenvalue weighted by molar-refractivity contribution is 5.84. The first-order chi connectivity index (χ1) is 12.0. The summed E-state index contributed by atoms with van der Waals surface area (Å²) in [5.41, 5.74) is 0.798. The smallest absolute Gasteiger partial charge is 0.231 e. The second-order valence-corrected chi connectivity index (χ2v) is 8.36. The van der Waals surface area contributed by atoms with Crippen LogP contribution in [-0.2, 0) is 10.2 Å². The highest BCUT2D eigenvalue weighted by Gasteiger charge is 2.49. The fourth-order valence-corrected chi connectivity index (χ4v) is 4.59. The molecule has 2 N–H and O–H groups in total. The first-order valence-corrected chi connectivity index (χ1v) is 9.40. The molecule has 1 aliphatic carbocycles. The minimum atomic E-state index is -0.191. The number of benzene rings is 1. The Hall–Kier alpha value is -1.75. The summed E-state index contributed by atoms with van der Waals surface area (Å²) in [6.07, 6.45) is 4.61. The Morgan fingerprint density at radius 3 is 3.04 bits per heavy atom. The number of hydrogen-bond acceptors (Lipinski definition) is 4. The standard InChI is InChI=1S/C20H28N2O3/c1-19(2,14-6-7-16-17(9-14)25-13-24-16)11-22-18(23)20-8-4-3-5-15(20)10-21-12-20/h6-7,9,15,21H,3-5,8,10-13H2,1-2H3,(H,22,23)/t15-,20+/m0/s1. The lowest BCUT2D eigenvalue weighted by atomic mass is 9.67. The number of carbonyl (C=O) groups excluding carboxylic acids is 1. The number of ether oxygens (including phenoxy) is 2. The molecule has 1 saturated heterocycles. The zero-order chi connectivity index (χ0) is 17.5. The molecule has 5 nitrogen and oxygen atoms in total. The van der Waals surface area contributed by atoms with Crippen LogP contribution in [0.25, 0.3) is 0 Å². The lowest BCUT2D eigenvalue weighted by Crippen LogP contribution is -2.50. The van der Waals surface area contributed by atoms with Crippen molar-refractivity contribution in [3.8, 4) is 11.5 Å². The van der Waals surface area contributed by atoms with Gasteiger partial charge in [-0.2, -0.15) is 0 Å². The maximum atomic E-state index is 13.1. The quantitative estimate of drug-likeness (QED) is 0.881. The molecule has 2 aliphatic heterocycles. The molecule has 25 heavy (non-hydrogen) atoms. The maximum Gasteiger partial charge on any atom is 0.231 e. The minimum Gasteiger partial charge on any atom is -0.454 e. The molecular weight excluding hydrogens is 316 g/mol. The van der Waals surface area contributed by atoms with Gasteiger partial charge in [0.05, 0.1) is 5.41 Å². The molecule has 0 aromatic heterocycles. The third-order valence-electron chi connectivity index (χ3n) is 6.34. The van der Waals surface area contributed by atoms with E-state index in [0.717, 1.165) is 43.0 Å². The van der Waals surface area contributed by atoms with E-state index in [4.69, 9.17) is 9.47 Å². The van der Waals surface area contributed by atoms with E-state index in [2.05, 4.69) is 30.5 Å². The Bertz CT molecular complexity index is 673. The first kappa shape index (κ1) is 16.7. The highest BCUT2D eigenvalue weighted by Crippen LogP contribution is 2.44. The second kappa shape index (κ2) is 6.20. The molecule has 0 spiro atoms. The predicted octanol–water partition coefficient (Wildman–Crippen LogP) is 2.59. The molecule has 5 heteroatoms. The van der Waals surface area contributed by atoms with Crippen LogP contribution in [-0.4, -0.2) is 32.3 Å². The predicted molar refractivity (Wildman–Crippen MR) is 95.9 cm³/mol. The van der Waals surface area contributed by atoms with Gasteiger partial charge in [0.15, 0.2) is 11.5 Å². The van der Waals surface area contributed by atoms with Gasteiger partial charge in [-0.3, -0.25) is 4.79 Å². The van der Waals surface area contributed by atoms with Gasteiger partial charge in [0.25, 0.3) is 0 Å². The molecule has 1 amide bonds. The minimum absolute atomic E-state index is 0.163. The van der Waals surface area contributed by atoms with Crippen molar-refractivity contribution in [2.24, 2.45) is 11.3 Å². The van der Waals surface area contributed by atoms with Crippen molar-refractivity contribution in [1.82, 2.24) is 10.6 Å². The number of hydrogen-bond donors (Lipinski definition) is 2. The molecular formula is C20H28N2O3. The monoisotopic (exact) mass is 344 g/mol. The van der Waals surface area contributed by atoms with Crippen molar-refractivity contribution in [3.05, 3.63) is 23.8 Å². The number of amides is 1. The largest absolute Gasteiger partial charge is 0.454 e. The Morgan fingerprint density at radius 2 is 2.16 bits per heavy atom. The van der Waals surface area contributed by atoms with E-state index < -0.39 is 0 Å². The summed E-state index contributed by atoms with van der Waals surface area (Å²) < 4.78 is 10.9. The SMILES string of the molecule is CC(C)(CNC(=O)[C@@]12CCCC[C@H]1CNC2)c1ccc2c(c1)OCO2. The van der Waals surface area contributed by atoms with E-state index in [9.17, 15) is 4.79 Å². The first-order valence-electron chi connectivity index (χ1n) is 9.40. The van der Waals surface area contributed by atoms with Crippen molar-refractivity contribution >= 4 is 5.91 Å². The van der Waals surface area contributed by atoms with E-state index >= 15 is 0 Å². The summed E-state index contributed by atoms with van der Waals surface area (Å²) in [7, 11) is 0. The summed E-state index contributed by atoms with van der Waals surface area (Å²) in [5.74, 6) is 2.32. The number of fused-ring (bicyclic) bond motifs is 2. The van der Waals surface area contributed by atoms with Gasteiger partial charge in [-0.05, 0) is 43.0 Å². The Morgan fingerprint density at radius 1 is 1.32 bits per heavy atom. The van der Waals surface area contributed by atoms with Crippen molar-refractivity contribution in [2.75, 3.05) is 26.4 Å². The van der Waals surface area contributed by atoms with Gasteiger partial charge in [-0.1, -0.05) is 32.8 Å². The molecule has 3 aliphatic rings. The lowest BCUT2D eigenvalue weighted by Gasteiger charge is -2.38. The molecule has 1 aromatic rings. The summed E-state index contributed by atoms with van der Waals surface area (Å²) >= 11 is 0. The highest BCUT2D eigenvalue weighted by atomic mass is 16.7. The van der Waals surface area contributed by atoms with Gasteiger partial charge in [-0.25, -0.2) is 0 Å². The van der Waals surface area contributed by atoms with Gasteiger partial charge >= 0.3 is 0 Å². The molecule has 1 saturated carbocycles. The van der Waals surface area contributed by atoms with E-state index in [1.807, 2.05) is 12.1 Å². The molecule has 2 atom stereocenters. The van der Waals surface area contributed by atoms with Crippen LogP contribution in [0.1, 0.15) is 45.1 Å². The summed E-state index contributed by atoms with van der Waals surface area (Å²) in [5, 5.41) is 6.72. The molecule has 2 fully saturated rings. The van der Waals surface area contributed by atoms with Gasteiger partial charge < -0.3 is 20.1 Å². The van der Waals surface area contributed by atoms with Crippen LogP contribution in [0.5, 0.6) is 11.5 Å². The Kier molecular flexibility index (Phi) is 4.14. The topological polar surface area (TPSA) is 59.6 Å². The fraction of sp³-hybridized carbons (Fsp3) is 0.650. The van der Waals surface area contributed by atoms with Gasteiger partial charge in [0.1, 0.15) is 0 Å². The molecule has 2 heterocycles. The summed E-state index contributed by atoms with van der Waals surface area (Å²) in [6, 6.07) is 6.06. The molecule has 1 aromatic carbocycles. The van der Waals surface area contributed by atoms with Crippen molar-refractivity contribution in [3.63, 3.8) is 0 Å². The van der Waals surface area contributed by atoms with E-state index in [1.54, 1.807) is 0 Å². The molecule has 136 valence electrons. The normalized spacial score (nSPS) is 27.8. The van der Waals surface area contributed by atoms with Crippen molar-refractivity contribution < 1.29 is 14.3 Å². The van der Waals surface area contributed by atoms with Crippen LogP contribution >= 0.6 is 0 Å². The van der Waals surface area contributed by atoms with Gasteiger partial charge in [0.2, 0.25) is 12.7 Å². The molecule has 4 rings (SSSR count). The third kappa shape index (κ3) is 2.88. The van der Waals surface area contributed by atoms with Crippen LogP contribution in [0.2, 0.25) is 0 Å². The molecule has 0 bridgehead atoms. The van der Waals surface area contributed by atoms with E-state index in [0.29, 0.717) is 12.5 Å². The van der Waals surface area contributed by atoms with Crippen LogP contribution in [0.3, 0.4) is 0 Å². The van der Waals surface area contributed by atoms with Gasteiger partial charge in [0, 0.05) is 18.5 Å². The zero-order valence-electron chi connectivity index (χ0n) is 15.2. The summed E-state index contributed by atoms with van der Waals surface area (Å²) in [6.45, 7) is 7.04. The van der Waals surface area contributed by atoms with Crippen molar-refractivity contribution in [2.45, 2.75) is 44.9 Å². The van der Waals surface area contributed by atoms with E-state index in [-0.39, 0.29) is 23.5 Å². The number of carbonyl (C=O) groups is 1. The number of rotatable bonds is 4. The fourth-order valence-electron chi connectivity index (χ4n) is 4.59. The lowest BCUT2D eigenvalue weighted by molar-refractivity contribution is -0.134. The summed E-state index contributed by atoms with van der Waals surface area (Å²) in [4.78, 5) is 13.1. The third-order valence-corrected chi connectivity index (χ3v) is 6.34. The van der Waals surface area contributed by atoms with Crippen molar-refractivity contribution in [1.29, 1.82) is 0 Å². The molecule has 0 unspecified atom stereocenters. The maximum absolute atomic E-state index is 13.1. The Balaban J connectivity index is 1.45.